The number of hydrogen-bond donors (Lipinski definition) is 4. The van der Waals surface area contributed by atoms with E-state index in [1.165, 1.54) is 24.3 Å². The van der Waals surface area contributed by atoms with Crippen LogP contribution in [0.25, 0.3) is 0 Å². The normalized spacial score (nSPS) is 16.7. The molecule has 0 atom stereocenters. The molecule has 2 aromatic carbocycles. The number of nitrogens with zero attached hydrogens (tertiary/aromatic N) is 2. The van der Waals surface area contributed by atoms with Gasteiger partial charge in [-0.15, -0.1) is 10.2 Å². The Morgan fingerprint density at radius 3 is 1.87 bits per heavy atom. The summed E-state index contributed by atoms with van der Waals surface area (Å²) in [5.41, 5.74) is 1.30. The Morgan fingerprint density at radius 1 is 0.895 bits per heavy atom. The number of hydrogen-bond acceptors (Lipinski definition) is 10. The SMILES string of the molecule is CC1(C)OB(c2ccc(NC(=S)Nc3ccc(S(=O)(=O)Nc4nnc(S(N)(=O)=O)s4)cc3)cc2)OC1(C)C. The van der Waals surface area contributed by atoms with Gasteiger partial charge in [-0.3, -0.25) is 4.72 Å². The fraction of sp³-hybridized carbons (Fsp3) is 0.286. The van der Waals surface area contributed by atoms with E-state index < -0.39 is 42.7 Å². The first kappa shape index (κ1) is 28.3. The van der Waals surface area contributed by atoms with Crippen LogP contribution in [0.1, 0.15) is 27.7 Å². The predicted molar refractivity (Wildman–Crippen MR) is 151 cm³/mol. The second kappa shape index (κ2) is 10.1. The van der Waals surface area contributed by atoms with Crippen molar-refractivity contribution in [3.8, 4) is 0 Å². The van der Waals surface area contributed by atoms with E-state index in [1.807, 2.05) is 52.0 Å². The van der Waals surface area contributed by atoms with Crippen LogP contribution in [-0.2, 0) is 29.4 Å². The quantitative estimate of drug-likeness (QED) is 0.232. The van der Waals surface area contributed by atoms with Crippen LogP contribution in [0.5, 0.6) is 0 Å². The second-order valence-electron chi connectivity index (χ2n) is 9.34. The molecule has 12 nitrogen and oxygen atoms in total. The Morgan fingerprint density at radius 2 is 1.39 bits per heavy atom. The molecule has 1 aliphatic rings. The summed E-state index contributed by atoms with van der Waals surface area (Å²) in [6, 6.07) is 13.3. The van der Waals surface area contributed by atoms with E-state index in [4.69, 9.17) is 26.7 Å². The van der Waals surface area contributed by atoms with Gasteiger partial charge in [0.05, 0.1) is 16.1 Å². The van der Waals surface area contributed by atoms with Crippen molar-refractivity contribution in [2.45, 2.75) is 48.1 Å². The summed E-state index contributed by atoms with van der Waals surface area (Å²) in [6.45, 7) is 7.99. The van der Waals surface area contributed by atoms with Crippen LogP contribution in [0.4, 0.5) is 16.5 Å². The van der Waals surface area contributed by atoms with Crippen molar-refractivity contribution >= 4 is 77.8 Å². The summed E-state index contributed by atoms with van der Waals surface area (Å²) in [5, 5.41) is 18.0. The molecule has 0 radical (unpaired) electrons. The molecule has 1 aliphatic heterocycles. The molecule has 1 saturated heterocycles. The predicted octanol–water partition coefficient (Wildman–Crippen LogP) is 2.09. The number of aromatic nitrogens is 2. The largest absolute Gasteiger partial charge is 0.494 e. The molecule has 2 heterocycles. The first-order valence-corrected chi connectivity index (χ1v) is 15.3. The molecule has 1 aromatic heterocycles. The lowest BCUT2D eigenvalue weighted by Crippen LogP contribution is -2.41. The standard InChI is InChI=1S/C21H25BN6O6S4/c1-20(2)21(3,4)34-22(33-20)13-5-7-14(8-6-13)24-17(35)25-15-9-11-16(12-10-15)38(31,32)28-18-26-27-19(36-18)37(23,29)30/h5-12H,1-4H3,(H,26,28)(H2,23,29,30)(H2,24,25,35). The maximum atomic E-state index is 12.6. The smallest absolute Gasteiger partial charge is 0.399 e. The van der Waals surface area contributed by atoms with Crippen LogP contribution in [0.3, 0.4) is 0 Å². The van der Waals surface area contributed by atoms with E-state index in [1.54, 1.807) is 0 Å². The van der Waals surface area contributed by atoms with Crippen molar-refractivity contribution in [3.63, 3.8) is 0 Å². The minimum absolute atomic E-state index is 0.0763. The topological polar surface area (TPSA) is 175 Å². The lowest BCUT2D eigenvalue weighted by molar-refractivity contribution is 0.00578. The van der Waals surface area contributed by atoms with Gasteiger partial charge in [0, 0.05) is 11.4 Å². The van der Waals surface area contributed by atoms with Gasteiger partial charge in [-0.1, -0.05) is 23.5 Å². The van der Waals surface area contributed by atoms with Crippen molar-refractivity contribution < 1.29 is 26.1 Å². The van der Waals surface area contributed by atoms with Gasteiger partial charge in [0.1, 0.15) is 0 Å². The van der Waals surface area contributed by atoms with Crippen LogP contribution < -0.4 is 26.0 Å². The molecule has 0 amide bonds. The summed E-state index contributed by atoms with van der Waals surface area (Å²) < 4.78 is 61.6. The molecule has 17 heteroatoms. The molecule has 0 unspecified atom stereocenters. The van der Waals surface area contributed by atoms with E-state index >= 15 is 0 Å². The summed E-state index contributed by atoms with van der Waals surface area (Å²) in [6.07, 6.45) is 0. The molecule has 0 spiro atoms. The van der Waals surface area contributed by atoms with Gasteiger partial charge in [0.2, 0.25) is 9.47 Å². The molecule has 38 heavy (non-hydrogen) atoms. The number of benzene rings is 2. The van der Waals surface area contributed by atoms with Gasteiger partial charge in [-0.2, -0.15) is 0 Å². The number of rotatable bonds is 7. The highest BCUT2D eigenvalue weighted by Gasteiger charge is 2.51. The molecule has 3 aromatic rings. The molecule has 0 aliphatic carbocycles. The molecule has 4 rings (SSSR count). The zero-order chi connectivity index (χ0) is 27.9. The zero-order valence-corrected chi connectivity index (χ0v) is 24.0. The zero-order valence-electron chi connectivity index (χ0n) is 20.8. The van der Waals surface area contributed by atoms with Crippen molar-refractivity contribution in [3.05, 3.63) is 48.5 Å². The molecule has 0 bridgehead atoms. The number of nitrogens with one attached hydrogen (secondary N) is 3. The van der Waals surface area contributed by atoms with Crippen molar-refractivity contribution in [1.29, 1.82) is 0 Å². The van der Waals surface area contributed by atoms with Gasteiger partial charge in [-0.25, -0.2) is 22.0 Å². The maximum absolute atomic E-state index is 12.6. The Kier molecular flexibility index (Phi) is 7.57. The van der Waals surface area contributed by atoms with Gasteiger partial charge < -0.3 is 19.9 Å². The van der Waals surface area contributed by atoms with Crippen molar-refractivity contribution in [2.24, 2.45) is 5.14 Å². The highest BCUT2D eigenvalue weighted by atomic mass is 32.2. The molecule has 1 fully saturated rings. The third-order valence-corrected chi connectivity index (χ3v) is 9.82. The van der Waals surface area contributed by atoms with E-state index in [2.05, 4.69) is 25.6 Å². The summed E-state index contributed by atoms with van der Waals surface area (Å²) in [5.74, 6) is 0. The first-order valence-electron chi connectivity index (χ1n) is 11.1. The van der Waals surface area contributed by atoms with Gasteiger partial charge in [0.15, 0.2) is 5.11 Å². The molecule has 5 N–H and O–H groups in total. The third kappa shape index (κ3) is 6.31. The van der Waals surface area contributed by atoms with Crippen LogP contribution in [-0.4, -0.2) is 50.5 Å². The highest BCUT2D eigenvalue weighted by molar-refractivity contribution is 7.93. The average molecular weight is 597 g/mol. The fourth-order valence-electron chi connectivity index (χ4n) is 3.25. The van der Waals surface area contributed by atoms with E-state index in [-0.39, 0.29) is 10.0 Å². The summed E-state index contributed by atoms with van der Waals surface area (Å²) in [4.78, 5) is -0.0763. The average Bonchev–Trinajstić information content (AvgIpc) is 3.35. The number of nitrogens with two attached hydrogens (primary N) is 1. The van der Waals surface area contributed by atoms with E-state index in [0.29, 0.717) is 22.1 Å². The van der Waals surface area contributed by atoms with Crippen LogP contribution in [0, 0.1) is 0 Å². The Labute approximate surface area is 230 Å². The summed E-state index contributed by atoms with van der Waals surface area (Å²) in [7, 11) is -8.59. The maximum Gasteiger partial charge on any atom is 0.494 e. The fourth-order valence-corrected chi connectivity index (χ4v) is 6.05. The van der Waals surface area contributed by atoms with Gasteiger partial charge in [-0.05, 0) is 81.8 Å². The third-order valence-electron chi connectivity index (χ3n) is 5.99. The summed E-state index contributed by atoms with van der Waals surface area (Å²) >= 11 is 5.87. The lowest BCUT2D eigenvalue weighted by atomic mass is 9.79. The molecular weight excluding hydrogens is 571 g/mol. The highest BCUT2D eigenvalue weighted by Crippen LogP contribution is 2.36. The monoisotopic (exact) mass is 596 g/mol. The number of thiocarbonyl (C=S) groups is 1. The van der Waals surface area contributed by atoms with Crippen LogP contribution >= 0.6 is 23.6 Å². The van der Waals surface area contributed by atoms with Crippen molar-refractivity contribution in [2.75, 3.05) is 15.4 Å². The molecule has 202 valence electrons. The van der Waals surface area contributed by atoms with E-state index in [9.17, 15) is 16.8 Å². The number of sulfonamides is 2. The molecule has 0 saturated carbocycles. The number of anilines is 3. The lowest BCUT2D eigenvalue weighted by Gasteiger charge is -2.32. The first-order chi connectivity index (χ1) is 17.6. The minimum atomic E-state index is -4.08. The number of primary sulfonamides is 1. The molecular formula is C21H25BN6O6S4. The van der Waals surface area contributed by atoms with E-state index in [0.717, 1.165) is 11.2 Å². The second-order valence-corrected chi connectivity index (χ2v) is 14.1. The van der Waals surface area contributed by atoms with Crippen molar-refractivity contribution in [1.82, 2.24) is 10.2 Å². The Balaban J connectivity index is 1.34. The van der Waals surface area contributed by atoms with Gasteiger partial charge >= 0.3 is 7.12 Å². The van der Waals surface area contributed by atoms with Crippen LogP contribution in [0.2, 0.25) is 0 Å². The Hall–Kier alpha value is -2.67. The van der Waals surface area contributed by atoms with Gasteiger partial charge in [0.25, 0.3) is 20.0 Å². The Bertz CT molecular complexity index is 1540. The minimum Gasteiger partial charge on any atom is -0.399 e. The van der Waals surface area contributed by atoms with Crippen LogP contribution in [0.15, 0.2) is 57.8 Å².